The molecule has 1 saturated heterocycles. The maximum absolute atomic E-state index is 12.0. The van der Waals surface area contributed by atoms with E-state index in [0.717, 1.165) is 49.9 Å². The topological polar surface area (TPSA) is 38.1 Å². The number of alkyl halides is 1. The molecule has 1 aliphatic rings. The van der Waals surface area contributed by atoms with Crippen molar-refractivity contribution < 1.29 is 0 Å². The Bertz CT molecular complexity index is 441. The minimum Gasteiger partial charge on any atom is -0.370 e. The van der Waals surface area contributed by atoms with Crippen molar-refractivity contribution in [2.45, 2.75) is 45.1 Å². The molecule has 0 amide bonds. The molecule has 19 heavy (non-hydrogen) atoms. The molecule has 0 aromatic carbocycles. The average Bonchev–Trinajstić information content (AvgIpc) is 2.46. The summed E-state index contributed by atoms with van der Waals surface area (Å²) in [5.41, 5.74) is 1.02. The number of anilines is 1. The number of rotatable bonds is 6. The van der Waals surface area contributed by atoms with E-state index in [1.54, 1.807) is 10.7 Å². The molecule has 0 radical (unpaired) electrons. The molecular weight excluding hydrogens is 306 g/mol. The van der Waals surface area contributed by atoms with Gasteiger partial charge in [-0.25, -0.2) is 4.68 Å². The standard InChI is InChI=1S/C14H22BrN3O/c15-7-3-1-6-10-18-14(19)11-13(12-16-18)17-8-4-2-5-9-17/h11-12H,1-10H2. The third-order valence-corrected chi connectivity index (χ3v) is 4.14. The van der Waals surface area contributed by atoms with E-state index in [1.807, 2.05) is 6.20 Å². The molecule has 2 heterocycles. The first kappa shape index (κ1) is 14.6. The fourth-order valence-corrected chi connectivity index (χ4v) is 2.85. The van der Waals surface area contributed by atoms with Crippen LogP contribution in [0.2, 0.25) is 0 Å². The van der Waals surface area contributed by atoms with Crippen LogP contribution in [0.4, 0.5) is 5.69 Å². The van der Waals surface area contributed by atoms with Gasteiger partial charge in [-0.1, -0.05) is 22.4 Å². The number of aryl methyl sites for hydroxylation is 1. The Kier molecular flexibility index (Phi) is 5.89. The van der Waals surface area contributed by atoms with Crippen molar-refractivity contribution in [3.8, 4) is 0 Å². The van der Waals surface area contributed by atoms with Crippen LogP contribution >= 0.6 is 15.9 Å². The predicted octanol–water partition coefficient (Wildman–Crippen LogP) is 2.80. The van der Waals surface area contributed by atoms with Gasteiger partial charge in [-0.15, -0.1) is 0 Å². The number of unbranched alkanes of at least 4 members (excludes halogenated alkanes) is 2. The molecule has 2 rings (SSSR count). The van der Waals surface area contributed by atoms with Crippen LogP contribution in [0.5, 0.6) is 0 Å². The first-order valence-electron chi connectivity index (χ1n) is 7.19. The first-order valence-corrected chi connectivity index (χ1v) is 8.31. The van der Waals surface area contributed by atoms with E-state index in [1.165, 1.54) is 19.3 Å². The Balaban J connectivity index is 1.94. The molecule has 5 heteroatoms. The van der Waals surface area contributed by atoms with E-state index < -0.39 is 0 Å². The number of aromatic nitrogens is 2. The van der Waals surface area contributed by atoms with Crippen molar-refractivity contribution in [3.63, 3.8) is 0 Å². The van der Waals surface area contributed by atoms with Crippen LogP contribution in [0.3, 0.4) is 0 Å². The minimum atomic E-state index is 0.0296. The van der Waals surface area contributed by atoms with Crippen LogP contribution in [0.15, 0.2) is 17.1 Å². The second-order valence-electron chi connectivity index (χ2n) is 5.07. The maximum Gasteiger partial charge on any atom is 0.268 e. The summed E-state index contributed by atoms with van der Waals surface area (Å²) in [6.07, 6.45) is 8.88. The second kappa shape index (κ2) is 7.68. The van der Waals surface area contributed by atoms with Gasteiger partial charge in [-0.05, 0) is 32.1 Å². The highest BCUT2D eigenvalue weighted by atomic mass is 79.9. The number of halogens is 1. The highest BCUT2D eigenvalue weighted by Gasteiger charge is 2.12. The van der Waals surface area contributed by atoms with E-state index in [-0.39, 0.29) is 5.56 Å². The Morgan fingerprint density at radius 1 is 1.16 bits per heavy atom. The van der Waals surface area contributed by atoms with Gasteiger partial charge in [0.25, 0.3) is 5.56 Å². The Morgan fingerprint density at radius 3 is 2.63 bits per heavy atom. The summed E-state index contributed by atoms with van der Waals surface area (Å²) in [6.45, 7) is 2.83. The number of piperidine rings is 1. The lowest BCUT2D eigenvalue weighted by molar-refractivity contribution is 0.525. The van der Waals surface area contributed by atoms with Gasteiger partial charge < -0.3 is 4.90 Å². The van der Waals surface area contributed by atoms with Crippen LogP contribution in [0.25, 0.3) is 0 Å². The largest absolute Gasteiger partial charge is 0.370 e. The molecule has 0 N–H and O–H groups in total. The molecular formula is C14H22BrN3O. The number of hydrogen-bond donors (Lipinski definition) is 0. The average molecular weight is 328 g/mol. The lowest BCUT2D eigenvalue weighted by Crippen LogP contribution is -2.32. The molecule has 1 aromatic rings. The molecule has 0 bridgehead atoms. The summed E-state index contributed by atoms with van der Waals surface area (Å²) in [5.74, 6) is 0. The Labute approximate surface area is 122 Å². The smallest absolute Gasteiger partial charge is 0.268 e. The fourth-order valence-electron chi connectivity index (χ4n) is 2.45. The lowest BCUT2D eigenvalue weighted by Gasteiger charge is -2.28. The molecule has 0 unspecified atom stereocenters. The minimum absolute atomic E-state index is 0.0296. The van der Waals surface area contributed by atoms with Crippen molar-refractivity contribution in [1.82, 2.24) is 9.78 Å². The Hall–Kier alpha value is -0.840. The highest BCUT2D eigenvalue weighted by molar-refractivity contribution is 9.09. The summed E-state index contributed by atoms with van der Waals surface area (Å²) in [6, 6.07) is 1.74. The Morgan fingerprint density at radius 2 is 1.95 bits per heavy atom. The van der Waals surface area contributed by atoms with Crippen molar-refractivity contribution in [2.75, 3.05) is 23.3 Å². The van der Waals surface area contributed by atoms with Gasteiger partial charge in [0.2, 0.25) is 0 Å². The molecule has 0 saturated carbocycles. The van der Waals surface area contributed by atoms with Crippen molar-refractivity contribution >= 4 is 21.6 Å². The molecule has 0 atom stereocenters. The zero-order chi connectivity index (χ0) is 13.5. The highest BCUT2D eigenvalue weighted by Crippen LogP contribution is 2.16. The second-order valence-corrected chi connectivity index (χ2v) is 5.87. The summed E-state index contributed by atoms with van der Waals surface area (Å²) in [4.78, 5) is 14.3. The number of hydrogen-bond acceptors (Lipinski definition) is 3. The molecule has 0 aliphatic carbocycles. The monoisotopic (exact) mass is 327 g/mol. The molecule has 4 nitrogen and oxygen atoms in total. The summed E-state index contributed by atoms with van der Waals surface area (Å²) < 4.78 is 1.58. The van der Waals surface area contributed by atoms with Gasteiger partial charge in [0.05, 0.1) is 11.9 Å². The van der Waals surface area contributed by atoms with Crippen LogP contribution in [-0.2, 0) is 6.54 Å². The molecule has 0 spiro atoms. The first-order chi connectivity index (χ1) is 9.31. The van der Waals surface area contributed by atoms with Gasteiger partial charge in [0.1, 0.15) is 0 Å². The van der Waals surface area contributed by atoms with Crippen LogP contribution in [0.1, 0.15) is 38.5 Å². The van der Waals surface area contributed by atoms with Gasteiger partial charge in [0, 0.05) is 31.0 Å². The maximum atomic E-state index is 12.0. The third-order valence-electron chi connectivity index (χ3n) is 3.58. The third kappa shape index (κ3) is 4.34. The van der Waals surface area contributed by atoms with Gasteiger partial charge in [0.15, 0.2) is 0 Å². The SMILES string of the molecule is O=c1cc(N2CCCCC2)cnn1CCCCCBr. The van der Waals surface area contributed by atoms with E-state index in [9.17, 15) is 4.79 Å². The van der Waals surface area contributed by atoms with E-state index >= 15 is 0 Å². The van der Waals surface area contributed by atoms with Crippen molar-refractivity contribution in [1.29, 1.82) is 0 Å². The molecule has 1 aliphatic heterocycles. The summed E-state index contributed by atoms with van der Waals surface area (Å²) in [5, 5.41) is 5.33. The quantitative estimate of drug-likeness (QED) is 0.595. The zero-order valence-electron chi connectivity index (χ0n) is 11.4. The summed E-state index contributed by atoms with van der Waals surface area (Å²) in [7, 11) is 0. The normalized spacial score (nSPS) is 15.7. The van der Waals surface area contributed by atoms with Gasteiger partial charge >= 0.3 is 0 Å². The number of nitrogens with zero attached hydrogens (tertiary/aromatic N) is 3. The van der Waals surface area contributed by atoms with Crippen LogP contribution < -0.4 is 10.5 Å². The molecule has 1 fully saturated rings. The van der Waals surface area contributed by atoms with Gasteiger partial charge in [-0.3, -0.25) is 4.79 Å². The fraction of sp³-hybridized carbons (Fsp3) is 0.714. The van der Waals surface area contributed by atoms with E-state index in [4.69, 9.17) is 0 Å². The van der Waals surface area contributed by atoms with E-state index in [2.05, 4.69) is 25.9 Å². The molecule has 106 valence electrons. The van der Waals surface area contributed by atoms with Gasteiger partial charge in [-0.2, -0.15) is 5.10 Å². The molecule has 1 aromatic heterocycles. The summed E-state index contributed by atoms with van der Waals surface area (Å²) >= 11 is 3.41. The zero-order valence-corrected chi connectivity index (χ0v) is 12.9. The lowest BCUT2D eigenvalue weighted by atomic mass is 10.1. The van der Waals surface area contributed by atoms with Crippen LogP contribution in [-0.4, -0.2) is 28.2 Å². The van der Waals surface area contributed by atoms with Crippen molar-refractivity contribution in [2.24, 2.45) is 0 Å². The van der Waals surface area contributed by atoms with Crippen molar-refractivity contribution in [3.05, 3.63) is 22.6 Å². The van der Waals surface area contributed by atoms with E-state index in [0.29, 0.717) is 0 Å². The van der Waals surface area contributed by atoms with Crippen LogP contribution in [0, 0.1) is 0 Å². The predicted molar refractivity (Wildman–Crippen MR) is 82.2 cm³/mol.